The highest BCUT2D eigenvalue weighted by atomic mass is 19.1. The van der Waals surface area contributed by atoms with Gasteiger partial charge in [0.25, 0.3) is 11.8 Å². The number of benzene rings is 2. The van der Waals surface area contributed by atoms with E-state index in [-0.39, 0.29) is 29.2 Å². The van der Waals surface area contributed by atoms with Crippen LogP contribution in [0.4, 0.5) is 4.39 Å². The SMILES string of the molecule is C[C@H](c1ccc(C#N)cn1)n1c(=O)oc2cc(-c3c4c(nc(CCc5ccc(F)cc5)c3-c3n[nH]c(=O)o3)[C@H]3CCCN3C4=O)ccc21. The lowest BCUT2D eigenvalue weighted by atomic mass is 9.89. The number of carbonyl (C=O) groups is 1. The lowest BCUT2D eigenvalue weighted by Gasteiger charge is -2.17. The zero-order chi connectivity index (χ0) is 33.1. The zero-order valence-electron chi connectivity index (χ0n) is 25.6. The smallest absolute Gasteiger partial charge is 0.408 e. The molecule has 2 aromatic carbocycles. The zero-order valence-corrected chi connectivity index (χ0v) is 25.6. The minimum atomic E-state index is -0.767. The summed E-state index contributed by atoms with van der Waals surface area (Å²) in [6.45, 7) is 2.40. The monoisotopic (exact) mass is 643 g/mol. The maximum atomic E-state index is 14.0. The van der Waals surface area contributed by atoms with Gasteiger partial charge >= 0.3 is 11.5 Å². The summed E-state index contributed by atoms with van der Waals surface area (Å²) in [5.41, 5.74) is 5.62. The van der Waals surface area contributed by atoms with Crippen LogP contribution in [0.3, 0.4) is 0 Å². The van der Waals surface area contributed by atoms with Gasteiger partial charge in [-0.3, -0.25) is 19.3 Å². The van der Waals surface area contributed by atoms with Crippen molar-refractivity contribution in [2.75, 3.05) is 6.54 Å². The van der Waals surface area contributed by atoms with Crippen LogP contribution in [0.15, 0.2) is 79.2 Å². The molecule has 1 fully saturated rings. The lowest BCUT2D eigenvalue weighted by molar-refractivity contribution is 0.0776. The third-order valence-corrected chi connectivity index (χ3v) is 9.19. The normalized spacial score (nSPS) is 15.9. The number of amides is 1. The number of rotatable bonds is 7. The highest BCUT2D eigenvalue weighted by molar-refractivity contribution is 6.08. The summed E-state index contributed by atoms with van der Waals surface area (Å²) in [5.74, 6) is -1.92. The Morgan fingerprint density at radius 2 is 1.88 bits per heavy atom. The fourth-order valence-corrected chi connectivity index (χ4v) is 6.91. The van der Waals surface area contributed by atoms with Crippen LogP contribution in [-0.2, 0) is 12.8 Å². The summed E-state index contributed by atoms with van der Waals surface area (Å²) in [6.07, 6.45) is 3.93. The Hall–Kier alpha value is -6.16. The Balaban J connectivity index is 1.32. The molecule has 48 heavy (non-hydrogen) atoms. The van der Waals surface area contributed by atoms with Gasteiger partial charge < -0.3 is 13.7 Å². The molecule has 1 amide bonds. The number of halogens is 1. The lowest BCUT2D eigenvalue weighted by Crippen LogP contribution is -2.23. The second kappa shape index (κ2) is 11.3. The van der Waals surface area contributed by atoms with Crippen LogP contribution in [0.5, 0.6) is 0 Å². The van der Waals surface area contributed by atoms with E-state index in [9.17, 15) is 18.8 Å². The van der Waals surface area contributed by atoms with Crippen molar-refractivity contribution in [1.29, 1.82) is 5.26 Å². The second-order valence-electron chi connectivity index (χ2n) is 12.0. The van der Waals surface area contributed by atoms with Crippen LogP contribution in [0.2, 0.25) is 0 Å². The number of H-pyrrole nitrogens is 1. The van der Waals surface area contributed by atoms with Gasteiger partial charge in [0.1, 0.15) is 11.9 Å². The molecule has 0 spiro atoms. The number of aryl methyl sites for hydroxylation is 2. The quantitative estimate of drug-likeness (QED) is 0.250. The molecule has 2 aliphatic rings. The van der Waals surface area contributed by atoms with E-state index in [1.54, 1.807) is 42.5 Å². The summed E-state index contributed by atoms with van der Waals surface area (Å²) in [4.78, 5) is 50.7. The molecule has 2 atom stereocenters. The molecular formula is C35H26FN7O5. The van der Waals surface area contributed by atoms with Crippen molar-refractivity contribution in [3.8, 4) is 28.7 Å². The van der Waals surface area contributed by atoms with E-state index in [1.807, 2.05) is 17.9 Å². The highest BCUT2D eigenvalue weighted by Crippen LogP contribution is 2.48. The van der Waals surface area contributed by atoms with E-state index in [0.29, 0.717) is 69.8 Å². The number of nitrogens with zero attached hydrogens (tertiary/aromatic N) is 6. The van der Waals surface area contributed by atoms with Crippen LogP contribution in [0, 0.1) is 17.1 Å². The number of aromatic amines is 1. The molecule has 238 valence electrons. The van der Waals surface area contributed by atoms with E-state index in [2.05, 4.69) is 15.2 Å². The summed E-state index contributed by atoms with van der Waals surface area (Å²) < 4.78 is 26.4. The van der Waals surface area contributed by atoms with Gasteiger partial charge in [-0.2, -0.15) is 5.26 Å². The summed E-state index contributed by atoms with van der Waals surface area (Å²) in [7, 11) is 0. The Morgan fingerprint density at radius 3 is 2.60 bits per heavy atom. The van der Waals surface area contributed by atoms with Crippen molar-refractivity contribution in [2.24, 2.45) is 0 Å². The van der Waals surface area contributed by atoms with E-state index in [4.69, 9.17) is 19.1 Å². The molecule has 1 saturated heterocycles. The first-order valence-corrected chi connectivity index (χ1v) is 15.5. The van der Waals surface area contributed by atoms with E-state index < -0.39 is 17.6 Å². The average molecular weight is 644 g/mol. The number of fused-ring (bicyclic) bond motifs is 4. The molecule has 8 rings (SSSR count). The number of oxazole rings is 1. The third kappa shape index (κ3) is 4.72. The van der Waals surface area contributed by atoms with Gasteiger partial charge in [0, 0.05) is 18.3 Å². The first-order valence-electron chi connectivity index (χ1n) is 15.5. The molecule has 0 radical (unpaired) electrons. The van der Waals surface area contributed by atoms with Gasteiger partial charge in [-0.15, -0.1) is 5.10 Å². The fourth-order valence-electron chi connectivity index (χ4n) is 6.91. The number of carbonyl (C=O) groups excluding carboxylic acids is 1. The maximum absolute atomic E-state index is 14.0. The molecule has 0 aliphatic carbocycles. The van der Waals surface area contributed by atoms with Crippen molar-refractivity contribution in [1.82, 2.24) is 29.6 Å². The van der Waals surface area contributed by atoms with Crippen molar-refractivity contribution in [3.63, 3.8) is 0 Å². The number of pyridine rings is 2. The standard InChI is InChI=1S/C35H26FN7O5/c1-18(23-11-7-20(16-37)17-38-23)43-25-13-8-21(15-27(25)47-35(43)46)28-29(32-40-41-34(45)48-32)24(12-6-19-4-9-22(36)10-5-19)39-31-26-3-2-14-42(26)33(44)30(28)31/h4-5,7-11,13,15,17-18,26H,2-3,6,12,14H2,1H3,(H,41,45)/t18-,26-/m1/s1. The Labute approximate surface area is 271 Å². The van der Waals surface area contributed by atoms with Crippen LogP contribution in [0.25, 0.3) is 33.7 Å². The summed E-state index contributed by atoms with van der Waals surface area (Å²) in [5, 5.41) is 15.6. The average Bonchev–Trinajstić information content (AvgIpc) is 3.88. The van der Waals surface area contributed by atoms with Crippen LogP contribution >= 0.6 is 0 Å². The van der Waals surface area contributed by atoms with Gasteiger partial charge in [-0.1, -0.05) is 18.2 Å². The molecule has 6 heterocycles. The predicted molar refractivity (Wildman–Crippen MR) is 169 cm³/mol. The van der Waals surface area contributed by atoms with Gasteiger partial charge in [0.2, 0.25) is 0 Å². The molecule has 4 aromatic heterocycles. The van der Waals surface area contributed by atoms with Gasteiger partial charge in [0.15, 0.2) is 5.58 Å². The van der Waals surface area contributed by atoms with Crippen LogP contribution in [0.1, 0.15) is 70.4 Å². The second-order valence-corrected chi connectivity index (χ2v) is 12.0. The molecule has 12 nitrogen and oxygen atoms in total. The van der Waals surface area contributed by atoms with Crippen LogP contribution in [-0.4, -0.2) is 42.1 Å². The minimum absolute atomic E-state index is 0.0288. The molecular weight excluding hydrogens is 617 g/mol. The maximum Gasteiger partial charge on any atom is 0.434 e. The Bertz CT molecular complexity index is 2400. The van der Waals surface area contributed by atoms with Gasteiger partial charge in [-0.25, -0.2) is 19.1 Å². The van der Waals surface area contributed by atoms with Crippen molar-refractivity contribution in [2.45, 2.75) is 44.7 Å². The Kier molecular flexibility index (Phi) is 6.87. The molecule has 6 aromatic rings. The molecule has 0 bridgehead atoms. The van der Waals surface area contributed by atoms with E-state index >= 15 is 0 Å². The predicted octanol–water partition coefficient (Wildman–Crippen LogP) is 5.09. The molecule has 0 unspecified atom stereocenters. The number of hydrogen-bond donors (Lipinski definition) is 1. The highest BCUT2D eigenvalue weighted by Gasteiger charge is 2.44. The van der Waals surface area contributed by atoms with Crippen molar-refractivity contribution in [3.05, 3.63) is 121 Å². The molecule has 13 heteroatoms. The summed E-state index contributed by atoms with van der Waals surface area (Å²) >= 11 is 0. The molecule has 0 saturated carbocycles. The fraction of sp³-hybridized carbons (Fsp3) is 0.229. The third-order valence-electron chi connectivity index (χ3n) is 9.19. The largest absolute Gasteiger partial charge is 0.434 e. The van der Waals surface area contributed by atoms with Gasteiger partial charge in [-0.05, 0) is 80.1 Å². The number of nitrogens with one attached hydrogen (secondary N) is 1. The van der Waals surface area contributed by atoms with Gasteiger partial charge in [0.05, 0.1) is 51.4 Å². The minimum Gasteiger partial charge on any atom is -0.408 e. The van der Waals surface area contributed by atoms with Crippen LogP contribution < -0.4 is 11.5 Å². The van der Waals surface area contributed by atoms with Crippen molar-refractivity contribution < 1.29 is 18.0 Å². The first-order chi connectivity index (χ1) is 23.3. The molecule has 1 N–H and O–H groups in total. The number of hydrogen-bond acceptors (Lipinski definition) is 9. The first kappa shape index (κ1) is 29.3. The molecule has 2 aliphatic heterocycles. The topological polar surface area (TPSA) is 164 Å². The van der Waals surface area contributed by atoms with E-state index in [1.165, 1.54) is 22.9 Å². The Morgan fingerprint density at radius 1 is 1.04 bits per heavy atom. The van der Waals surface area contributed by atoms with Crippen molar-refractivity contribution >= 4 is 17.0 Å². The number of aromatic nitrogens is 5. The number of nitriles is 1. The summed E-state index contributed by atoms with van der Waals surface area (Å²) in [6, 6.07) is 16.1. The van der Waals surface area contributed by atoms with E-state index in [0.717, 1.165) is 18.4 Å².